The Balaban J connectivity index is 1.52. The van der Waals surface area contributed by atoms with Crippen LogP contribution in [0.3, 0.4) is 0 Å². The van der Waals surface area contributed by atoms with Gasteiger partial charge in [0.15, 0.2) is 0 Å². The summed E-state index contributed by atoms with van der Waals surface area (Å²) >= 11 is 5.05. The number of nitrogens with zero attached hydrogens (tertiary/aromatic N) is 1. The van der Waals surface area contributed by atoms with E-state index in [9.17, 15) is 4.79 Å². The highest BCUT2D eigenvalue weighted by molar-refractivity contribution is 7.23. The molecule has 0 bridgehead atoms. The number of carbonyl (C=O) groups excluding carboxylic acids is 1. The van der Waals surface area contributed by atoms with Gasteiger partial charge in [-0.2, -0.15) is 0 Å². The summed E-state index contributed by atoms with van der Waals surface area (Å²) in [6, 6.07) is 12.2. The lowest BCUT2D eigenvalue weighted by Crippen LogP contribution is -2.07. The second-order valence-electron chi connectivity index (χ2n) is 6.74. The number of aryl methyl sites for hydroxylation is 1. The van der Waals surface area contributed by atoms with E-state index in [-0.39, 0.29) is 5.91 Å². The smallest absolute Gasteiger partial charge is 0.249 e. The number of hydrogen-bond acceptors (Lipinski definition) is 5. The van der Waals surface area contributed by atoms with E-state index < -0.39 is 0 Å². The molecule has 3 aromatic heterocycles. The molecule has 0 atom stereocenters. The average Bonchev–Trinajstić information content (AvgIpc) is 3.43. The Hall–Kier alpha value is -2.28. The number of benzene rings is 1. The van der Waals surface area contributed by atoms with Gasteiger partial charge in [0.05, 0.1) is 10.2 Å². The van der Waals surface area contributed by atoms with Crippen LogP contribution in [-0.4, -0.2) is 10.9 Å². The number of amides is 1. The zero-order valence-corrected chi connectivity index (χ0v) is 17.6. The van der Waals surface area contributed by atoms with Crippen LogP contribution >= 0.6 is 34.0 Å². The number of fused-ring (bicyclic) bond motifs is 2. The summed E-state index contributed by atoms with van der Waals surface area (Å²) in [5, 5.41) is 7.10. The Morgan fingerprint density at radius 3 is 2.82 bits per heavy atom. The van der Waals surface area contributed by atoms with Gasteiger partial charge in [0, 0.05) is 21.4 Å². The highest BCUT2D eigenvalue weighted by Crippen LogP contribution is 2.46. The molecule has 6 heteroatoms. The van der Waals surface area contributed by atoms with E-state index in [0.29, 0.717) is 0 Å². The van der Waals surface area contributed by atoms with Crippen molar-refractivity contribution in [2.75, 3.05) is 5.32 Å². The largest absolute Gasteiger partial charge is 0.313 e. The van der Waals surface area contributed by atoms with Crippen LogP contribution in [0, 0.1) is 0 Å². The number of para-hydroxylation sites is 1. The van der Waals surface area contributed by atoms with Gasteiger partial charge in [-0.15, -0.1) is 34.0 Å². The summed E-state index contributed by atoms with van der Waals surface area (Å²) in [4.78, 5) is 19.9. The minimum absolute atomic E-state index is 0.0886. The highest BCUT2D eigenvalue weighted by Gasteiger charge is 2.24. The fourth-order valence-electron chi connectivity index (χ4n) is 3.56. The van der Waals surface area contributed by atoms with Crippen LogP contribution < -0.4 is 5.32 Å². The maximum Gasteiger partial charge on any atom is 0.249 e. The fourth-order valence-corrected chi connectivity index (χ4v) is 6.58. The molecule has 140 valence electrons. The Morgan fingerprint density at radius 1 is 1.07 bits per heavy atom. The van der Waals surface area contributed by atoms with Crippen molar-refractivity contribution in [1.29, 1.82) is 0 Å². The Morgan fingerprint density at radius 2 is 1.96 bits per heavy atom. The first-order valence-electron chi connectivity index (χ1n) is 9.31. The summed E-state index contributed by atoms with van der Waals surface area (Å²) in [6.45, 7) is 0. The Labute approximate surface area is 175 Å². The van der Waals surface area contributed by atoms with Crippen molar-refractivity contribution in [2.45, 2.75) is 25.7 Å². The monoisotopic (exact) mass is 422 g/mol. The molecule has 1 aliphatic rings. The number of anilines is 1. The van der Waals surface area contributed by atoms with E-state index in [1.165, 1.54) is 28.0 Å². The first kappa shape index (κ1) is 17.8. The third kappa shape index (κ3) is 3.43. The molecule has 0 fully saturated rings. The molecule has 1 N–H and O–H groups in total. The number of nitrogens with one attached hydrogen (secondary N) is 1. The van der Waals surface area contributed by atoms with Crippen LogP contribution in [0.2, 0.25) is 0 Å². The molecule has 0 spiro atoms. The first-order chi connectivity index (χ1) is 13.8. The molecule has 1 amide bonds. The first-order valence-corrected chi connectivity index (χ1v) is 11.8. The minimum Gasteiger partial charge on any atom is -0.313 e. The quantitative estimate of drug-likeness (QED) is 0.376. The number of thiophene rings is 2. The number of aromatic nitrogens is 1. The maximum atomic E-state index is 12.6. The number of rotatable bonds is 4. The molecule has 0 radical (unpaired) electrons. The van der Waals surface area contributed by atoms with Crippen molar-refractivity contribution in [3.63, 3.8) is 0 Å². The Bertz CT molecular complexity index is 1140. The van der Waals surface area contributed by atoms with Gasteiger partial charge in [0.2, 0.25) is 5.91 Å². The van der Waals surface area contributed by atoms with Gasteiger partial charge in [-0.05, 0) is 60.9 Å². The molecule has 4 aromatic rings. The summed E-state index contributed by atoms with van der Waals surface area (Å²) < 4.78 is 1.18. The van der Waals surface area contributed by atoms with E-state index in [2.05, 4.69) is 17.4 Å². The zero-order chi connectivity index (χ0) is 18.9. The van der Waals surface area contributed by atoms with Gasteiger partial charge in [0.1, 0.15) is 10.0 Å². The van der Waals surface area contributed by atoms with Gasteiger partial charge in [-0.3, -0.25) is 4.79 Å². The molecule has 28 heavy (non-hydrogen) atoms. The van der Waals surface area contributed by atoms with E-state index in [1.807, 2.05) is 35.7 Å². The Kier molecular flexibility index (Phi) is 4.84. The topological polar surface area (TPSA) is 42.0 Å². The van der Waals surface area contributed by atoms with Crippen LogP contribution in [0.25, 0.3) is 26.9 Å². The van der Waals surface area contributed by atoms with E-state index >= 15 is 0 Å². The molecule has 0 unspecified atom stereocenters. The average molecular weight is 423 g/mol. The van der Waals surface area contributed by atoms with Crippen LogP contribution in [0.5, 0.6) is 0 Å². The summed E-state index contributed by atoms with van der Waals surface area (Å²) in [5.41, 5.74) is 3.54. The van der Waals surface area contributed by atoms with Gasteiger partial charge in [-0.25, -0.2) is 4.98 Å². The molecular weight excluding hydrogens is 404 g/mol. The second kappa shape index (κ2) is 7.62. The normalized spacial score (nSPS) is 13.9. The lowest BCUT2D eigenvalue weighted by Gasteiger charge is -2.11. The highest BCUT2D eigenvalue weighted by atomic mass is 32.1. The predicted molar refractivity (Wildman–Crippen MR) is 122 cm³/mol. The predicted octanol–water partition coefficient (Wildman–Crippen LogP) is 6.62. The van der Waals surface area contributed by atoms with Crippen molar-refractivity contribution < 1.29 is 4.79 Å². The van der Waals surface area contributed by atoms with Gasteiger partial charge in [-0.1, -0.05) is 18.2 Å². The van der Waals surface area contributed by atoms with Crippen LogP contribution in [0.15, 0.2) is 47.9 Å². The molecule has 0 saturated heterocycles. The SMILES string of the molecule is O=C(C=Cc1cccs1)Nc1sc2c(c1-c1nc3ccccc3s1)CCCC2. The van der Waals surface area contributed by atoms with Crippen molar-refractivity contribution >= 4 is 61.2 Å². The molecule has 3 heterocycles. The van der Waals surface area contributed by atoms with Crippen molar-refractivity contribution in [1.82, 2.24) is 4.98 Å². The molecule has 0 aliphatic heterocycles. The lowest BCUT2D eigenvalue weighted by atomic mass is 9.96. The summed E-state index contributed by atoms with van der Waals surface area (Å²) in [7, 11) is 0. The van der Waals surface area contributed by atoms with Gasteiger partial charge < -0.3 is 5.32 Å². The van der Waals surface area contributed by atoms with Crippen LogP contribution in [-0.2, 0) is 17.6 Å². The van der Waals surface area contributed by atoms with E-state index in [1.54, 1.807) is 40.1 Å². The standard InChI is InChI=1S/C22H18N2OS3/c25-19(12-11-14-6-5-13-26-14)24-22-20(15-7-1-3-9-17(15)27-22)21-23-16-8-2-4-10-18(16)28-21/h2,4-6,8,10-13H,1,3,7,9H2,(H,24,25). The molecule has 1 aliphatic carbocycles. The third-order valence-corrected chi connectivity index (χ3v) is 7.96. The van der Waals surface area contributed by atoms with Crippen molar-refractivity contribution in [3.05, 3.63) is 63.2 Å². The van der Waals surface area contributed by atoms with Gasteiger partial charge in [0.25, 0.3) is 0 Å². The van der Waals surface area contributed by atoms with E-state index in [0.717, 1.165) is 38.8 Å². The van der Waals surface area contributed by atoms with Crippen molar-refractivity contribution in [3.8, 4) is 10.6 Å². The summed E-state index contributed by atoms with van der Waals surface area (Å²) in [6.07, 6.45) is 8.07. The fraction of sp³-hybridized carbons (Fsp3) is 0.182. The molecular formula is C22H18N2OS3. The lowest BCUT2D eigenvalue weighted by molar-refractivity contribution is -0.111. The second-order valence-corrected chi connectivity index (χ2v) is 9.85. The molecule has 1 aromatic carbocycles. The van der Waals surface area contributed by atoms with Crippen molar-refractivity contribution in [2.24, 2.45) is 0 Å². The zero-order valence-electron chi connectivity index (χ0n) is 15.1. The maximum absolute atomic E-state index is 12.6. The number of carbonyl (C=O) groups is 1. The number of thiazole rings is 1. The van der Waals surface area contributed by atoms with Gasteiger partial charge >= 0.3 is 0 Å². The minimum atomic E-state index is -0.0886. The van der Waals surface area contributed by atoms with Crippen LogP contribution in [0.1, 0.15) is 28.2 Å². The molecule has 0 saturated carbocycles. The number of hydrogen-bond donors (Lipinski definition) is 1. The molecule has 5 rings (SSSR count). The van der Waals surface area contributed by atoms with E-state index in [4.69, 9.17) is 4.98 Å². The summed E-state index contributed by atoms with van der Waals surface area (Å²) in [5.74, 6) is -0.0886. The van der Waals surface area contributed by atoms with Crippen LogP contribution in [0.4, 0.5) is 5.00 Å². The third-order valence-electron chi connectivity index (χ3n) is 4.86. The molecule has 3 nitrogen and oxygen atoms in total.